The predicted molar refractivity (Wildman–Crippen MR) is 71.0 cm³/mol. The number of anilines is 1. The lowest BCUT2D eigenvalue weighted by atomic mass is 10.1. The van der Waals surface area contributed by atoms with Crippen molar-refractivity contribution in [2.24, 2.45) is 0 Å². The van der Waals surface area contributed by atoms with Crippen LogP contribution in [-0.4, -0.2) is 21.8 Å². The standard InChI is InChI=1S/C11H13Cl2NOS/c12-8-5-9(13)7-11(6-8)14-10-1-3-16(15)4-2-10/h5-7,10,14H,1-4H2. The van der Waals surface area contributed by atoms with Crippen LogP contribution in [-0.2, 0) is 10.8 Å². The van der Waals surface area contributed by atoms with Crippen LogP contribution in [0.2, 0.25) is 10.0 Å². The molecule has 0 aromatic heterocycles. The SMILES string of the molecule is O=S1CCC(Nc2cc(Cl)cc(Cl)c2)CC1. The van der Waals surface area contributed by atoms with E-state index in [4.69, 9.17) is 23.2 Å². The van der Waals surface area contributed by atoms with Gasteiger partial charge in [-0.1, -0.05) is 23.2 Å². The fourth-order valence-corrected chi connectivity index (χ4v) is 3.64. The monoisotopic (exact) mass is 277 g/mol. The number of benzene rings is 1. The van der Waals surface area contributed by atoms with E-state index in [1.807, 2.05) is 12.1 Å². The van der Waals surface area contributed by atoms with Gasteiger partial charge >= 0.3 is 0 Å². The molecular formula is C11H13Cl2NOS. The summed E-state index contributed by atoms with van der Waals surface area (Å²) in [5.41, 5.74) is 0.940. The largest absolute Gasteiger partial charge is 0.382 e. The third kappa shape index (κ3) is 3.37. The van der Waals surface area contributed by atoms with Crippen LogP contribution in [0.25, 0.3) is 0 Å². The molecule has 1 fully saturated rings. The molecule has 1 saturated heterocycles. The lowest BCUT2D eigenvalue weighted by Gasteiger charge is -2.23. The van der Waals surface area contributed by atoms with E-state index in [0.717, 1.165) is 30.0 Å². The molecule has 0 unspecified atom stereocenters. The second kappa shape index (κ2) is 5.39. The Balaban J connectivity index is 2.00. The Morgan fingerprint density at radius 3 is 2.25 bits per heavy atom. The Bertz CT molecular complexity index is 381. The lowest BCUT2D eigenvalue weighted by molar-refractivity contribution is 0.624. The number of hydrogen-bond acceptors (Lipinski definition) is 2. The first-order chi connectivity index (χ1) is 7.63. The third-order valence-corrected chi connectivity index (χ3v) is 4.44. The van der Waals surface area contributed by atoms with E-state index >= 15 is 0 Å². The number of nitrogens with one attached hydrogen (secondary N) is 1. The van der Waals surface area contributed by atoms with Gasteiger partial charge in [0.05, 0.1) is 0 Å². The highest BCUT2D eigenvalue weighted by atomic mass is 35.5. The summed E-state index contributed by atoms with van der Waals surface area (Å²) >= 11 is 11.8. The number of halogens is 2. The van der Waals surface area contributed by atoms with E-state index < -0.39 is 10.8 Å². The summed E-state index contributed by atoms with van der Waals surface area (Å²) in [6.45, 7) is 0. The predicted octanol–water partition coefficient (Wildman–Crippen LogP) is 3.32. The van der Waals surface area contributed by atoms with Crippen LogP contribution in [0.1, 0.15) is 12.8 Å². The molecule has 0 radical (unpaired) electrons. The molecule has 0 saturated carbocycles. The first kappa shape index (κ1) is 12.2. The summed E-state index contributed by atoms with van der Waals surface area (Å²) in [5, 5.41) is 4.65. The van der Waals surface area contributed by atoms with Crippen molar-refractivity contribution in [3.63, 3.8) is 0 Å². The smallest absolute Gasteiger partial charge is 0.0441 e. The van der Waals surface area contributed by atoms with Crippen LogP contribution in [0.4, 0.5) is 5.69 Å². The van der Waals surface area contributed by atoms with Gasteiger partial charge in [-0.2, -0.15) is 0 Å². The number of rotatable bonds is 2. The van der Waals surface area contributed by atoms with Crippen molar-refractivity contribution < 1.29 is 4.21 Å². The zero-order valence-corrected chi connectivity index (χ0v) is 11.0. The molecule has 16 heavy (non-hydrogen) atoms. The first-order valence-corrected chi connectivity index (χ1v) is 7.45. The maximum Gasteiger partial charge on any atom is 0.0441 e. The Hall–Kier alpha value is -0.250. The maximum atomic E-state index is 11.2. The molecule has 0 spiro atoms. The van der Waals surface area contributed by atoms with E-state index in [0.29, 0.717) is 16.1 Å². The summed E-state index contributed by atoms with van der Waals surface area (Å²) in [7, 11) is -0.620. The van der Waals surface area contributed by atoms with Crippen molar-refractivity contribution in [1.29, 1.82) is 0 Å². The summed E-state index contributed by atoms with van der Waals surface area (Å²) in [5.74, 6) is 1.57. The van der Waals surface area contributed by atoms with Crippen molar-refractivity contribution in [3.05, 3.63) is 28.2 Å². The molecule has 0 bridgehead atoms. The normalized spacial score (nSPS) is 25.4. The topological polar surface area (TPSA) is 29.1 Å². The van der Waals surface area contributed by atoms with Crippen LogP contribution < -0.4 is 5.32 Å². The first-order valence-electron chi connectivity index (χ1n) is 5.21. The minimum absolute atomic E-state index is 0.382. The van der Waals surface area contributed by atoms with Gasteiger partial charge in [0, 0.05) is 44.1 Å². The molecule has 1 heterocycles. The van der Waals surface area contributed by atoms with Crippen molar-refractivity contribution in [1.82, 2.24) is 0 Å². The van der Waals surface area contributed by atoms with Gasteiger partial charge in [0.15, 0.2) is 0 Å². The van der Waals surface area contributed by atoms with Gasteiger partial charge in [0.2, 0.25) is 0 Å². The van der Waals surface area contributed by atoms with Gasteiger partial charge < -0.3 is 5.32 Å². The molecule has 1 N–H and O–H groups in total. The van der Waals surface area contributed by atoms with E-state index in [-0.39, 0.29) is 0 Å². The van der Waals surface area contributed by atoms with Crippen molar-refractivity contribution >= 4 is 39.7 Å². The summed E-state index contributed by atoms with van der Waals surface area (Å²) in [6, 6.07) is 5.81. The fourth-order valence-electron chi connectivity index (χ4n) is 1.81. The summed E-state index contributed by atoms with van der Waals surface area (Å²) in [4.78, 5) is 0. The average molecular weight is 278 g/mol. The Kier molecular flexibility index (Phi) is 4.11. The number of hydrogen-bond donors (Lipinski definition) is 1. The van der Waals surface area contributed by atoms with E-state index in [1.165, 1.54) is 0 Å². The van der Waals surface area contributed by atoms with Crippen LogP contribution in [0.5, 0.6) is 0 Å². The van der Waals surface area contributed by atoms with Gasteiger partial charge in [-0.3, -0.25) is 4.21 Å². The average Bonchev–Trinajstić information content (AvgIpc) is 2.20. The van der Waals surface area contributed by atoms with Crippen LogP contribution in [0.15, 0.2) is 18.2 Å². The second-order valence-corrected chi connectivity index (χ2v) is 6.49. The molecule has 0 aliphatic carbocycles. The maximum absolute atomic E-state index is 11.2. The summed E-state index contributed by atoms with van der Waals surface area (Å²) in [6.07, 6.45) is 1.88. The fraction of sp³-hybridized carbons (Fsp3) is 0.455. The molecule has 2 nitrogen and oxygen atoms in total. The Morgan fingerprint density at radius 2 is 1.69 bits per heavy atom. The zero-order chi connectivity index (χ0) is 11.5. The highest BCUT2D eigenvalue weighted by Crippen LogP contribution is 2.24. The lowest BCUT2D eigenvalue weighted by Crippen LogP contribution is -2.29. The summed E-state index contributed by atoms with van der Waals surface area (Å²) < 4.78 is 11.2. The van der Waals surface area contributed by atoms with Crippen LogP contribution >= 0.6 is 23.2 Å². The second-order valence-electron chi connectivity index (χ2n) is 3.92. The molecule has 0 amide bonds. The Labute approximate surface area is 108 Å². The Morgan fingerprint density at radius 1 is 1.12 bits per heavy atom. The van der Waals surface area contributed by atoms with E-state index in [9.17, 15) is 4.21 Å². The highest BCUT2D eigenvalue weighted by Gasteiger charge is 2.17. The molecule has 88 valence electrons. The van der Waals surface area contributed by atoms with Crippen molar-refractivity contribution in [2.45, 2.75) is 18.9 Å². The molecule has 0 atom stereocenters. The van der Waals surface area contributed by atoms with Gasteiger partial charge in [-0.05, 0) is 31.0 Å². The molecule has 5 heteroatoms. The molecular weight excluding hydrogens is 265 g/mol. The third-order valence-electron chi connectivity index (χ3n) is 2.62. The molecule has 1 aliphatic rings. The van der Waals surface area contributed by atoms with Gasteiger partial charge in [0.1, 0.15) is 0 Å². The minimum atomic E-state index is -0.620. The minimum Gasteiger partial charge on any atom is -0.382 e. The van der Waals surface area contributed by atoms with Crippen LogP contribution in [0, 0.1) is 0 Å². The zero-order valence-electron chi connectivity index (χ0n) is 8.71. The molecule has 2 rings (SSSR count). The quantitative estimate of drug-likeness (QED) is 0.899. The molecule has 1 aromatic carbocycles. The molecule has 1 aliphatic heterocycles. The van der Waals surface area contributed by atoms with E-state index in [1.54, 1.807) is 6.07 Å². The van der Waals surface area contributed by atoms with E-state index in [2.05, 4.69) is 5.32 Å². The van der Waals surface area contributed by atoms with Crippen molar-refractivity contribution in [3.8, 4) is 0 Å². The van der Waals surface area contributed by atoms with Gasteiger partial charge in [0.25, 0.3) is 0 Å². The van der Waals surface area contributed by atoms with Gasteiger partial charge in [-0.25, -0.2) is 0 Å². The molecule has 1 aromatic rings. The van der Waals surface area contributed by atoms with Crippen LogP contribution in [0.3, 0.4) is 0 Å². The van der Waals surface area contributed by atoms with Crippen molar-refractivity contribution in [2.75, 3.05) is 16.8 Å². The highest BCUT2D eigenvalue weighted by molar-refractivity contribution is 7.85. The van der Waals surface area contributed by atoms with Gasteiger partial charge in [-0.15, -0.1) is 0 Å².